The lowest BCUT2D eigenvalue weighted by molar-refractivity contribution is -0.184. The predicted octanol–water partition coefficient (Wildman–Crippen LogP) is 2.26. The molecule has 1 aliphatic heterocycles. The molecule has 0 bridgehead atoms. The number of rotatable bonds is 2. The van der Waals surface area contributed by atoms with Crippen LogP contribution < -0.4 is 5.32 Å². The lowest BCUT2D eigenvalue weighted by atomic mass is 9.81. The van der Waals surface area contributed by atoms with Gasteiger partial charge in [0.25, 0.3) is 0 Å². The second kappa shape index (κ2) is 5.57. The van der Waals surface area contributed by atoms with Crippen LogP contribution in [0.2, 0.25) is 0 Å². The van der Waals surface area contributed by atoms with Crippen LogP contribution >= 0.6 is 0 Å². The van der Waals surface area contributed by atoms with E-state index in [1.807, 2.05) is 0 Å². The summed E-state index contributed by atoms with van der Waals surface area (Å²) < 4.78 is 37.5. The molecular formula is C12H21F3N2. The van der Waals surface area contributed by atoms with Gasteiger partial charge in [-0.05, 0) is 31.6 Å². The Morgan fingerprint density at radius 2 is 1.59 bits per heavy atom. The van der Waals surface area contributed by atoms with E-state index in [1.54, 1.807) is 0 Å². The van der Waals surface area contributed by atoms with Crippen LogP contribution in [0.4, 0.5) is 13.2 Å². The predicted molar refractivity (Wildman–Crippen MR) is 60.8 cm³/mol. The van der Waals surface area contributed by atoms with E-state index in [9.17, 15) is 13.2 Å². The molecule has 0 aromatic heterocycles. The molecule has 0 atom stereocenters. The van der Waals surface area contributed by atoms with Gasteiger partial charge in [0.2, 0.25) is 0 Å². The fourth-order valence-electron chi connectivity index (χ4n) is 2.93. The summed E-state index contributed by atoms with van der Waals surface area (Å²) in [5, 5.41) is 3.29. The summed E-state index contributed by atoms with van der Waals surface area (Å²) in [6.45, 7) is 5.10. The molecule has 17 heavy (non-hydrogen) atoms. The van der Waals surface area contributed by atoms with E-state index in [1.165, 1.54) is 0 Å². The van der Waals surface area contributed by atoms with Crippen LogP contribution in [0.1, 0.15) is 25.7 Å². The minimum absolute atomic E-state index is 0.334. The Kier molecular flexibility index (Phi) is 4.31. The minimum atomic E-state index is -3.97. The fraction of sp³-hybridized carbons (Fsp3) is 1.00. The van der Waals surface area contributed by atoms with E-state index in [0.717, 1.165) is 45.6 Å². The smallest absolute Gasteiger partial charge is 0.314 e. The zero-order valence-corrected chi connectivity index (χ0v) is 10.1. The van der Waals surface area contributed by atoms with E-state index in [4.69, 9.17) is 0 Å². The van der Waals surface area contributed by atoms with E-state index in [0.29, 0.717) is 18.8 Å². The first kappa shape index (κ1) is 13.1. The third-order valence-electron chi connectivity index (χ3n) is 4.04. The number of nitrogens with zero attached hydrogens (tertiary/aromatic N) is 1. The molecule has 0 amide bonds. The van der Waals surface area contributed by atoms with Crippen molar-refractivity contribution >= 4 is 0 Å². The maximum Gasteiger partial charge on any atom is 0.391 e. The van der Waals surface area contributed by atoms with Crippen molar-refractivity contribution in [1.82, 2.24) is 10.2 Å². The van der Waals surface area contributed by atoms with Crippen molar-refractivity contribution in [2.45, 2.75) is 31.9 Å². The first-order valence-electron chi connectivity index (χ1n) is 6.55. The number of piperazine rings is 1. The molecule has 2 aliphatic rings. The van der Waals surface area contributed by atoms with Gasteiger partial charge in [-0.15, -0.1) is 0 Å². The highest BCUT2D eigenvalue weighted by molar-refractivity contribution is 4.80. The molecule has 2 fully saturated rings. The Hall–Kier alpha value is -0.290. The molecule has 0 unspecified atom stereocenters. The Bertz CT molecular complexity index is 228. The molecule has 100 valence electrons. The third-order valence-corrected chi connectivity index (χ3v) is 4.04. The monoisotopic (exact) mass is 250 g/mol. The topological polar surface area (TPSA) is 15.3 Å². The highest BCUT2D eigenvalue weighted by Gasteiger charge is 2.41. The van der Waals surface area contributed by atoms with E-state index in [-0.39, 0.29) is 0 Å². The van der Waals surface area contributed by atoms with Gasteiger partial charge in [0.1, 0.15) is 0 Å². The average Bonchev–Trinajstić information content (AvgIpc) is 2.30. The van der Waals surface area contributed by atoms with Crippen LogP contribution in [0, 0.1) is 11.8 Å². The van der Waals surface area contributed by atoms with Crippen LogP contribution in [0.3, 0.4) is 0 Å². The first-order valence-corrected chi connectivity index (χ1v) is 6.55. The molecular weight excluding hydrogens is 229 g/mol. The Balaban J connectivity index is 1.71. The highest BCUT2D eigenvalue weighted by Crippen LogP contribution is 2.39. The van der Waals surface area contributed by atoms with Gasteiger partial charge in [-0.25, -0.2) is 0 Å². The minimum Gasteiger partial charge on any atom is -0.314 e. The normalized spacial score (nSPS) is 32.6. The van der Waals surface area contributed by atoms with Gasteiger partial charge in [-0.2, -0.15) is 13.2 Å². The third kappa shape index (κ3) is 3.85. The molecule has 1 saturated heterocycles. The van der Waals surface area contributed by atoms with Gasteiger partial charge in [0.05, 0.1) is 5.92 Å². The number of hydrogen-bond acceptors (Lipinski definition) is 2. The Morgan fingerprint density at radius 1 is 1.00 bits per heavy atom. The second-order valence-electron chi connectivity index (χ2n) is 5.31. The van der Waals surface area contributed by atoms with Gasteiger partial charge in [-0.1, -0.05) is 0 Å². The van der Waals surface area contributed by atoms with Gasteiger partial charge in [0, 0.05) is 32.7 Å². The van der Waals surface area contributed by atoms with Crippen LogP contribution in [-0.4, -0.2) is 43.8 Å². The zero-order valence-electron chi connectivity index (χ0n) is 10.1. The lowest BCUT2D eigenvalue weighted by Crippen LogP contribution is -2.45. The van der Waals surface area contributed by atoms with E-state index >= 15 is 0 Å². The van der Waals surface area contributed by atoms with Gasteiger partial charge < -0.3 is 10.2 Å². The number of nitrogens with one attached hydrogen (secondary N) is 1. The van der Waals surface area contributed by atoms with Crippen LogP contribution in [0.15, 0.2) is 0 Å². The summed E-state index contributed by atoms with van der Waals surface area (Å²) >= 11 is 0. The summed E-state index contributed by atoms with van der Waals surface area (Å²) in [5.41, 5.74) is 0. The Morgan fingerprint density at radius 3 is 2.12 bits per heavy atom. The van der Waals surface area contributed by atoms with Crippen molar-refractivity contribution in [1.29, 1.82) is 0 Å². The molecule has 2 rings (SSSR count). The van der Waals surface area contributed by atoms with Crippen molar-refractivity contribution in [3.05, 3.63) is 0 Å². The molecule has 0 radical (unpaired) electrons. The van der Waals surface area contributed by atoms with Crippen LogP contribution in [0.5, 0.6) is 0 Å². The van der Waals surface area contributed by atoms with Gasteiger partial charge >= 0.3 is 6.18 Å². The molecule has 1 N–H and O–H groups in total. The second-order valence-corrected chi connectivity index (χ2v) is 5.31. The maximum atomic E-state index is 12.5. The van der Waals surface area contributed by atoms with Crippen LogP contribution in [0.25, 0.3) is 0 Å². The number of hydrogen-bond donors (Lipinski definition) is 1. The van der Waals surface area contributed by atoms with Crippen molar-refractivity contribution in [3.8, 4) is 0 Å². The standard InChI is InChI=1S/C12H21F3N2/c13-12(14,15)11-3-1-10(2-4-11)9-17-7-5-16-6-8-17/h10-11,16H,1-9H2. The summed E-state index contributed by atoms with van der Waals surface area (Å²) in [4.78, 5) is 2.38. The maximum absolute atomic E-state index is 12.5. The fourth-order valence-corrected chi connectivity index (χ4v) is 2.93. The van der Waals surface area contributed by atoms with E-state index < -0.39 is 12.1 Å². The molecule has 0 aromatic rings. The summed E-state index contributed by atoms with van der Waals surface area (Å²) in [6.07, 6.45) is -1.82. The van der Waals surface area contributed by atoms with Crippen molar-refractivity contribution < 1.29 is 13.2 Å². The highest BCUT2D eigenvalue weighted by atomic mass is 19.4. The quantitative estimate of drug-likeness (QED) is 0.808. The summed E-state index contributed by atoms with van der Waals surface area (Å²) in [7, 11) is 0. The summed E-state index contributed by atoms with van der Waals surface area (Å²) in [6, 6.07) is 0. The molecule has 1 aliphatic carbocycles. The van der Waals surface area contributed by atoms with Crippen molar-refractivity contribution in [2.24, 2.45) is 11.8 Å². The van der Waals surface area contributed by atoms with E-state index in [2.05, 4.69) is 10.2 Å². The zero-order chi connectivity index (χ0) is 12.3. The molecule has 0 aromatic carbocycles. The molecule has 5 heteroatoms. The number of halogens is 3. The number of alkyl halides is 3. The largest absolute Gasteiger partial charge is 0.391 e. The van der Waals surface area contributed by atoms with Crippen molar-refractivity contribution in [3.63, 3.8) is 0 Å². The summed E-state index contributed by atoms with van der Waals surface area (Å²) in [5.74, 6) is -0.562. The Labute approximate surface area is 101 Å². The van der Waals surface area contributed by atoms with Gasteiger partial charge in [-0.3, -0.25) is 0 Å². The molecule has 2 nitrogen and oxygen atoms in total. The molecule has 1 heterocycles. The molecule has 1 saturated carbocycles. The SMILES string of the molecule is FC(F)(F)C1CCC(CN2CCNCC2)CC1. The first-order chi connectivity index (χ1) is 8.05. The van der Waals surface area contributed by atoms with Crippen LogP contribution in [-0.2, 0) is 0 Å². The molecule has 0 spiro atoms. The lowest BCUT2D eigenvalue weighted by Gasteiger charge is -2.35. The van der Waals surface area contributed by atoms with Crippen molar-refractivity contribution in [2.75, 3.05) is 32.7 Å². The average molecular weight is 250 g/mol. The van der Waals surface area contributed by atoms with Gasteiger partial charge in [0.15, 0.2) is 0 Å².